The molecule has 0 saturated heterocycles. The third kappa shape index (κ3) is 2.80. The molecule has 0 aromatic carbocycles. The minimum Gasteiger partial charge on any atom is -0.392 e. The Morgan fingerprint density at radius 2 is 2.21 bits per heavy atom. The van der Waals surface area contributed by atoms with E-state index in [1.165, 1.54) is 6.33 Å². The average molecular weight is 283 g/mol. The van der Waals surface area contributed by atoms with Gasteiger partial charge in [0.15, 0.2) is 23.2 Å². The Morgan fingerprint density at radius 1 is 1.42 bits per heavy atom. The molecule has 1 atom stereocenters. The Balaban J connectivity index is 2.41. The maximum atomic E-state index is 9.41. The fourth-order valence-electron chi connectivity index (χ4n) is 1.79. The second kappa shape index (κ2) is 6.18. The van der Waals surface area contributed by atoms with Gasteiger partial charge in [0.1, 0.15) is 6.33 Å². The highest BCUT2D eigenvalue weighted by Gasteiger charge is 2.17. The van der Waals surface area contributed by atoms with Crippen molar-refractivity contribution in [3.8, 4) is 0 Å². The van der Waals surface area contributed by atoms with Crippen molar-refractivity contribution < 1.29 is 9.84 Å². The third-order valence-corrected chi connectivity index (χ3v) is 2.81. The summed E-state index contributed by atoms with van der Waals surface area (Å²) >= 11 is 4.08. The first-order chi connectivity index (χ1) is 9.19. The summed E-state index contributed by atoms with van der Waals surface area (Å²) in [5.74, 6) is 1.32. The largest absolute Gasteiger partial charge is 0.392 e. The highest BCUT2D eigenvalue weighted by molar-refractivity contribution is 7.80. The van der Waals surface area contributed by atoms with Gasteiger partial charge in [0.25, 0.3) is 0 Å². The standard InChI is InChI=1S/C11H17N5O2S/c1-15(2)10-9-11(13-6-12-10)16(7-14-9)8(5-17)18-3-4-19/h6-8,17,19H,3-5H2,1-2H3. The van der Waals surface area contributed by atoms with Crippen molar-refractivity contribution in [2.24, 2.45) is 0 Å². The van der Waals surface area contributed by atoms with Gasteiger partial charge < -0.3 is 14.7 Å². The van der Waals surface area contributed by atoms with Crippen LogP contribution in [0.25, 0.3) is 11.2 Å². The SMILES string of the molecule is CN(C)c1ncnc2c1ncn2C(CO)OCCS. The molecule has 0 spiro atoms. The Labute approximate surface area is 116 Å². The van der Waals surface area contributed by atoms with E-state index in [-0.39, 0.29) is 6.61 Å². The molecule has 0 aliphatic rings. The normalized spacial score (nSPS) is 12.8. The number of hydrogen-bond donors (Lipinski definition) is 2. The van der Waals surface area contributed by atoms with E-state index in [1.54, 1.807) is 10.9 Å². The number of imidazole rings is 1. The van der Waals surface area contributed by atoms with Crippen LogP contribution in [0.1, 0.15) is 6.23 Å². The molecule has 2 rings (SSSR count). The molecule has 2 aromatic heterocycles. The van der Waals surface area contributed by atoms with E-state index in [1.807, 2.05) is 19.0 Å². The molecule has 1 unspecified atom stereocenters. The first-order valence-electron chi connectivity index (χ1n) is 5.87. The van der Waals surface area contributed by atoms with Gasteiger partial charge in [-0.1, -0.05) is 0 Å². The van der Waals surface area contributed by atoms with Crippen LogP contribution in [0.3, 0.4) is 0 Å². The van der Waals surface area contributed by atoms with E-state index in [0.29, 0.717) is 23.5 Å². The fourth-order valence-corrected chi connectivity index (χ4v) is 1.89. The molecule has 0 radical (unpaired) electrons. The Hall–Kier alpha value is -1.38. The number of fused-ring (bicyclic) bond motifs is 1. The molecule has 2 aromatic rings. The Bertz CT molecular complexity index is 545. The summed E-state index contributed by atoms with van der Waals surface area (Å²) in [4.78, 5) is 14.6. The number of aromatic nitrogens is 4. The summed E-state index contributed by atoms with van der Waals surface area (Å²) in [6, 6.07) is 0. The maximum Gasteiger partial charge on any atom is 0.167 e. The molecule has 0 saturated carbocycles. The summed E-state index contributed by atoms with van der Waals surface area (Å²) in [6.45, 7) is 0.292. The van der Waals surface area contributed by atoms with Crippen molar-refractivity contribution in [1.82, 2.24) is 19.5 Å². The zero-order valence-electron chi connectivity index (χ0n) is 10.9. The smallest absolute Gasteiger partial charge is 0.167 e. The van der Waals surface area contributed by atoms with Gasteiger partial charge in [0, 0.05) is 19.8 Å². The van der Waals surface area contributed by atoms with Crippen LogP contribution < -0.4 is 4.90 Å². The second-order valence-corrected chi connectivity index (χ2v) is 4.59. The molecule has 2 heterocycles. The molecular weight excluding hydrogens is 266 g/mol. The van der Waals surface area contributed by atoms with Gasteiger partial charge in [0.2, 0.25) is 0 Å². The van der Waals surface area contributed by atoms with E-state index in [9.17, 15) is 5.11 Å². The molecule has 7 nitrogen and oxygen atoms in total. The predicted molar refractivity (Wildman–Crippen MR) is 75.6 cm³/mol. The number of aliphatic hydroxyl groups is 1. The Morgan fingerprint density at radius 3 is 2.84 bits per heavy atom. The van der Waals surface area contributed by atoms with Crippen LogP contribution in [0.15, 0.2) is 12.7 Å². The monoisotopic (exact) mass is 283 g/mol. The molecule has 0 bridgehead atoms. The van der Waals surface area contributed by atoms with E-state index >= 15 is 0 Å². The van der Waals surface area contributed by atoms with Crippen LogP contribution in [0.4, 0.5) is 5.82 Å². The van der Waals surface area contributed by atoms with Gasteiger partial charge >= 0.3 is 0 Å². The average Bonchev–Trinajstić information content (AvgIpc) is 2.83. The van der Waals surface area contributed by atoms with Crippen LogP contribution in [-0.4, -0.2) is 57.7 Å². The molecule has 8 heteroatoms. The number of rotatable bonds is 6. The maximum absolute atomic E-state index is 9.41. The minimum absolute atomic E-state index is 0.152. The molecule has 1 N–H and O–H groups in total. The van der Waals surface area contributed by atoms with Gasteiger partial charge in [-0.15, -0.1) is 0 Å². The van der Waals surface area contributed by atoms with Crippen molar-refractivity contribution in [3.63, 3.8) is 0 Å². The van der Waals surface area contributed by atoms with Gasteiger partial charge in [0.05, 0.1) is 19.5 Å². The van der Waals surface area contributed by atoms with E-state index in [2.05, 4.69) is 27.6 Å². The van der Waals surface area contributed by atoms with Gasteiger partial charge in [-0.3, -0.25) is 4.57 Å². The second-order valence-electron chi connectivity index (χ2n) is 4.15. The lowest BCUT2D eigenvalue weighted by Gasteiger charge is -2.17. The first kappa shape index (κ1) is 14.0. The van der Waals surface area contributed by atoms with Crippen molar-refractivity contribution in [2.75, 3.05) is 38.0 Å². The molecule has 104 valence electrons. The van der Waals surface area contributed by atoms with E-state index in [0.717, 1.165) is 5.82 Å². The number of anilines is 1. The van der Waals surface area contributed by atoms with Gasteiger partial charge in [-0.25, -0.2) is 15.0 Å². The van der Waals surface area contributed by atoms with Crippen LogP contribution in [0, 0.1) is 0 Å². The van der Waals surface area contributed by atoms with Crippen LogP contribution in [0.2, 0.25) is 0 Å². The third-order valence-electron chi connectivity index (χ3n) is 2.63. The highest BCUT2D eigenvalue weighted by atomic mass is 32.1. The number of aliphatic hydroxyl groups excluding tert-OH is 1. The van der Waals surface area contributed by atoms with Crippen LogP contribution in [0.5, 0.6) is 0 Å². The molecule has 0 fully saturated rings. The van der Waals surface area contributed by atoms with Crippen LogP contribution in [-0.2, 0) is 4.74 Å². The van der Waals surface area contributed by atoms with Crippen molar-refractivity contribution >= 4 is 29.6 Å². The molecule has 19 heavy (non-hydrogen) atoms. The minimum atomic E-state index is -0.512. The highest BCUT2D eigenvalue weighted by Crippen LogP contribution is 2.22. The van der Waals surface area contributed by atoms with Crippen molar-refractivity contribution in [3.05, 3.63) is 12.7 Å². The van der Waals surface area contributed by atoms with Crippen LogP contribution >= 0.6 is 12.6 Å². The summed E-state index contributed by atoms with van der Waals surface area (Å²) in [7, 11) is 3.78. The molecule has 0 amide bonds. The van der Waals surface area contributed by atoms with Crippen molar-refractivity contribution in [1.29, 1.82) is 0 Å². The fraction of sp³-hybridized carbons (Fsp3) is 0.545. The zero-order chi connectivity index (χ0) is 13.8. The van der Waals surface area contributed by atoms with Crippen molar-refractivity contribution in [2.45, 2.75) is 6.23 Å². The molecular formula is C11H17N5O2S. The molecule has 0 aliphatic carbocycles. The van der Waals surface area contributed by atoms with E-state index < -0.39 is 6.23 Å². The summed E-state index contributed by atoms with van der Waals surface area (Å²) < 4.78 is 7.22. The van der Waals surface area contributed by atoms with Gasteiger partial charge in [-0.05, 0) is 0 Å². The zero-order valence-corrected chi connectivity index (χ0v) is 11.8. The number of ether oxygens (including phenoxy) is 1. The number of thiol groups is 1. The topological polar surface area (TPSA) is 76.3 Å². The first-order valence-corrected chi connectivity index (χ1v) is 6.50. The lowest BCUT2D eigenvalue weighted by Crippen LogP contribution is -2.18. The van der Waals surface area contributed by atoms with Gasteiger partial charge in [-0.2, -0.15) is 12.6 Å². The number of hydrogen-bond acceptors (Lipinski definition) is 7. The quantitative estimate of drug-likeness (QED) is 0.744. The summed E-state index contributed by atoms with van der Waals surface area (Å²) in [5, 5.41) is 9.41. The molecule has 0 aliphatic heterocycles. The lowest BCUT2D eigenvalue weighted by atomic mass is 10.4. The van der Waals surface area contributed by atoms with E-state index in [4.69, 9.17) is 4.74 Å². The Kier molecular flexibility index (Phi) is 4.56. The lowest BCUT2D eigenvalue weighted by molar-refractivity contribution is -0.0248. The summed E-state index contributed by atoms with van der Waals surface area (Å²) in [6.07, 6.45) is 2.57. The predicted octanol–water partition coefficient (Wildman–Crippen LogP) is 0.330. The summed E-state index contributed by atoms with van der Waals surface area (Å²) in [5.41, 5.74) is 1.32. The number of nitrogens with zero attached hydrogens (tertiary/aromatic N) is 5.